The summed E-state index contributed by atoms with van der Waals surface area (Å²) in [6.45, 7) is 2.29. The molecule has 0 amide bonds. The van der Waals surface area contributed by atoms with Gasteiger partial charge in [0, 0.05) is 19.1 Å². The van der Waals surface area contributed by atoms with Gasteiger partial charge in [-0.2, -0.15) is 0 Å². The van der Waals surface area contributed by atoms with Crippen molar-refractivity contribution in [2.45, 2.75) is 31.7 Å². The van der Waals surface area contributed by atoms with E-state index in [4.69, 9.17) is 4.74 Å². The standard InChI is InChI=1S/C17H28N2O/c1-18-17(15-8-10-16(20-3)11-9-15)13-19(2)12-14-6-4-5-7-14/h8-11,14,17-18H,4-7,12-13H2,1-3H3. The van der Waals surface area contributed by atoms with Gasteiger partial charge in [-0.25, -0.2) is 0 Å². The van der Waals surface area contributed by atoms with Crippen molar-refractivity contribution in [3.8, 4) is 5.75 Å². The average molecular weight is 276 g/mol. The molecule has 1 atom stereocenters. The predicted molar refractivity (Wildman–Crippen MR) is 84.2 cm³/mol. The fraction of sp³-hybridized carbons (Fsp3) is 0.647. The van der Waals surface area contributed by atoms with E-state index in [1.165, 1.54) is 37.8 Å². The van der Waals surface area contributed by atoms with Gasteiger partial charge in [-0.3, -0.25) is 0 Å². The van der Waals surface area contributed by atoms with E-state index in [0.29, 0.717) is 6.04 Å². The van der Waals surface area contributed by atoms with Crippen molar-refractivity contribution in [1.29, 1.82) is 0 Å². The van der Waals surface area contributed by atoms with Gasteiger partial charge in [0.15, 0.2) is 0 Å². The second-order valence-electron chi connectivity index (χ2n) is 5.99. The van der Waals surface area contributed by atoms with Crippen LogP contribution in [0.3, 0.4) is 0 Å². The number of hydrogen-bond donors (Lipinski definition) is 1. The zero-order chi connectivity index (χ0) is 14.4. The highest BCUT2D eigenvalue weighted by molar-refractivity contribution is 5.29. The van der Waals surface area contributed by atoms with E-state index in [0.717, 1.165) is 18.2 Å². The molecule has 3 nitrogen and oxygen atoms in total. The lowest BCUT2D eigenvalue weighted by Crippen LogP contribution is -2.33. The maximum Gasteiger partial charge on any atom is 0.118 e. The summed E-state index contributed by atoms with van der Waals surface area (Å²) in [4.78, 5) is 2.47. The van der Waals surface area contributed by atoms with Crippen LogP contribution in [-0.4, -0.2) is 39.2 Å². The normalized spacial score (nSPS) is 17.6. The topological polar surface area (TPSA) is 24.5 Å². The lowest BCUT2D eigenvalue weighted by molar-refractivity contribution is 0.253. The summed E-state index contributed by atoms with van der Waals surface area (Å²) in [6, 6.07) is 8.77. The zero-order valence-corrected chi connectivity index (χ0v) is 13.1. The first-order valence-corrected chi connectivity index (χ1v) is 7.72. The third-order valence-corrected chi connectivity index (χ3v) is 4.41. The summed E-state index contributed by atoms with van der Waals surface area (Å²) in [5.74, 6) is 1.83. The number of hydrogen-bond acceptors (Lipinski definition) is 3. The third-order valence-electron chi connectivity index (χ3n) is 4.41. The molecule has 1 N–H and O–H groups in total. The molecule has 0 bridgehead atoms. The van der Waals surface area contributed by atoms with Crippen molar-refractivity contribution in [3.63, 3.8) is 0 Å². The molecule has 1 aliphatic rings. The smallest absolute Gasteiger partial charge is 0.118 e. The summed E-state index contributed by atoms with van der Waals surface area (Å²) in [5, 5.41) is 3.43. The Balaban J connectivity index is 1.89. The number of nitrogens with zero attached hydrogens (tertiary/aromatic N) is 1. The monoisotopic (exact) mass is 276 g/mol. The first kappa shape index (κ1) is 15.3. The summed E-state index contributed by atoms with van der Waals surface area (Å²) >= 11 is 0. The van der Waals surface area contributed by atoms with Crippen LogP contribution in [0.2, 0.25) is 0 Å². The molecule has 0 spiro atoms. The molecule has 2 rings (SSSR count). The molecule has 3 heteroatoms. The molecule has 0 aromatic heterocycles. The van der Waals surface area contributed by atoms with Crippen LogP contribution in [0.15, 0.2) is 24.3 Å². The first-order chi connectivity index (χ1) is 9.72. The average Bonchev–Trinajstić information content (AvgIpc) is 2.97. The summed E-state index contributed by atoms with van der Waals surface area (Å²) < 4.78 is 5.22. The Morgan fingerprint density at radius 3 is 2.45 bits per heavy atom. The molecule has 1 fully saturated rings. The van der Waals surface area contributed by atoms with E-state index < -0.39 is 0 Å². The maximum absolute atomic E-state index is 5.22. The Morgan fingerprint density at radius 1 is 1.25 bits per heavy atom. The summed E-state index contributed by atoms with van der Waals surface area (Å²) in [5.41, 5.74) is 1.33. The maximum atomic E-state index is 5.22. The van der Waals surface area contributed by atoms with E-state index in [-0.39, 0.29) is 0 Å². The Hall–Kier alpha value is -1.06. The van der Waals surface area contributed by atoms with Crippen LogP contribution in [0.25, 0.3) is 0 Å². The zero-order valence-electron chi connectivity index (χ0n) is 13.1. The Kier molecular flexibility index (Phi) is 5.86. The Labute approximate surface area is 123 Å². The highest BCUT2D eigenvalue weighted by Gasteiger charge is 2.19. The quantitative estimate of drug-likeness (QED) is 0.828. The SMILES string of the molecule is CNC(CN(C)CC1CCCC1)c1ccc(OC)cc1. The van der Waals surface area contributed by atoms with E-state index in [2.05, 4.69) is 29.4 Å². The van der Waals surface area contributed by atoms with Gasteiger partial charge < -0.3 is 15.0 Å². The minimum atomic E-state index is 0.382. The minimum Gasteiger partial charge on any atom is -0.497 e. The molecule has 112 valence electrons. The minimum absolute atomic E-state index is 0.382. The molecule has 0 aliphatic heterocycles. The number of nitrogens with one attached hydrogen (secondary N) is 1. The highest BCUT2D eigenvalue weighted by atomic mass is 16.5. The van der Waals surface area contributed by atoms with Crippen LogP contribution in [0.4, 0.5) is 0 Å². The van der Waals surface area contributed by atoms with Crippen LogP contribution in [0.5, 0.6) is 5.75 Å². The van der Waals surface area contributed by atoms with Gasteiger partial charge in [0.05, 0.1) is 7.11 Å². The van der Waals surface area contributed by atoms with Gasteiger partial charge in [-0.15, -0.1) is 0 Å². The van der Waals surface area contributed by atoms with Crippen molar-refractivity contribution >= 4 is 0 Å². The Bertz CT molecular complexity index is 384. The second-order valence-corrected chi connectivity index (χ2v) is 5.99. The Morgan fingerprint density at radius 2 is 1.90 bits per heavy atom. The largest absolute Gasteiger partial charge is 0.497 e. The van der Waals surface area contributed by atoms with Crippen molar-refractivity contribution < 1.29 is 4.74 Å². The molecule has 1 aliphatic carbocycles. The number of ether oxygens (including phenoxy) is 1. The van der Waals surface area contributed by atoms with Gasteiger partial charge in [0.25, 0.3) is 0 Å². The molecule has 0 saturated heterocycles. The van der Waals surface area contributed by atoms with Crippen molar-refractivity contribution in [2.75, 3.05) is 34.3 Å². The molecule has 1 saturated carbocycles. The van der Waals surface area contributed by atoms with Crippen LogP contribution in [0, 0.1) is 5.92 Å². The lowest BCUT2D eigenvalue weighted by Gasteiger charge is -2.26. The second kappa shape index (κ2) is 7.65. The molecule has 20 heavy (non-hydrogen) atoms. The molecule has 1 aromatic rings. The van der Waals surface area contributed by atoms with Gasteiger partial charge in [0.2, 0.25) is 0 Å². The predicted octanol–water partition coefficient (Wildman–Crippen LogP) is 3.08. The van der Waals surface area contributed by atoms with Gasteiger partial charge in [0.1, 0.15) is 5.75 Å². The van der Waals surface area contributed by atoms with Gasteiger partial charge in [-0.1, -0.05) is 25.0 Å². The van der Waals surface area contributed by atoms with Crippen LogP contribution in [-0.2, 0) is 0 Å². The molecule has 0 heterocycles. The van der Waals surface area contributed by atoms with Crippen LogP contribution < -0.4 is 10.1 Å². The number of methoxy groups -OCH3 is 1. The molecular formula is C17H28N2O. The number of rotatable bonds is 7. The molecule has 1 unspecified atom stereocenters. The molecule has 1 aromatic carbocycles. The third kappa shape index (κ3) is 4.22. The molecule has 0 radical (unpaired) electrons. The van der Waals surface area contributed by atoms with Crippen molar-refractivity contribution in [2.24, 2.45) is 5.92 Å². The first-order valence-electron chi connectivity index (χ1n) is 7.72. The van der Waals surface area contributed by atoms with Gasteiger partial charge >= 0.3 is 0 Å². The lowest BCUT2D eigenvalue weighted by atomic mass is 10.0. The van der Waals surface area contributed by atoms with Gasteiger partial charge in [-0.05, 0) is 50.6 Å². The fourth-order valence-corrected chi connectivity index (χ4v) is 3.22. The van der Waals surface area contributed by atoms with E-state index in [9.17, 15) is 0 Å². The van der Waals surface area contributed by atoms with E-state index >= 15 is 0 Å². The number of benzene rings is 1. The summed E-state index contributed by atoms with van der Waals surface area (Å²) in [6.07, 6.45) is 5.67. The summed E-state index contributed by atoms with van der Waals surface area (Å²) in [7, 11) is 5.99. The number of likely N-dealkylation sites (N-methyl/N-ethyl adjacent to an activating group) is 2. The molecular weight excluding hydrogens is 248 g/mol. The fourth-order valence-electron chi connectivity index (χ4n) is 3.22. The highest BCUT2D eigenvalue weighted by Crippen LogP contribution is 2.26. The van der Waals surface area contributed by atoms with Crippen molar-refractivity contribution in [3.05, 3.63) is 29.8 Å². The van der Waals surface area contributed by atoms with Crippen molar-refractivity contribution in [1.82, 2.24) is 10.2 Å². The van der Waals surface area contributed by atoms with E-state index in [1.807, 2.05) is 19.2 Å². The van der Waals surface area contributed by atoms with Crippen LogP contribution >= 0.6 is 0 Å². The van der Waals surface area contributed by atoms with E-state index in [1.54, 1.807) is 7.11 Å². The van der Waals surface area contributed by atoms with Crippen LogP contribution in [0.1, 0.15) is 37.3 Å².